The first-order chi connectivity index (χ1) is 15.8. The zero-order valence-electron chi connectivity index (χ0n) is 19.6. The number of ether oxygens (including phenoxy) is 4. The largest absolute Gasteiger partial charge is 0.480 e. The van der Waals surface area contributed by atoms with Crippen molar-refractivity contribution >= 4 is 20.0 Å². The average Bonchev–Trinajstić information content (AvgIpc) is 2.80. The van der Waals surface area contributed by atoms with E-state index >= 15 is 0 Å². The highest BCUT2D eigenvalue weighted by molar-refractivity contribution is 7.90. The predicted molar refractivity (Wildman–Crippen MR) is 122 cm³/mol. The summed E-state index contributed by atoms with van der Waals surface area (Å²) in [6.45, 7) is 2.91. The van der Waals surface area contributed by atoms with Gasteiger partial charge in [-0.05, 0) is 13.8 Å². The smallest absolute Gasteiger partial charge is 0.231 e. The first-order valence-corrected chi connectivity index (χ1v) is 12.8. The number of sulfonamides is 2. The highest BCUT2D eigenvalue weighted by atomic mass is 32.2. The van der Waals surface area contributed by atoms with E-state index in [1.165, 1.54) is 67.1 Å². The lowest BCUT2D eigenvalue weighted by Crippen LogP contribution is -2.32. The van der Waals surface area contributed by atoms with Crippen molar-refractivity contribution in [1.82, 2.24) is 19.9 Å². The summed E-state index contributed by atoms with van der Waals surface area (Å²) < 4.78 is 64.9. The number of nitrogens with two attached hydrogens (primary N) is 2. The topological polar surface area (TPSA) is 209 Å². The van der Waals surface area contributed by atoms with Crippen LogP contribution in [-0.4, -0.2) is 75.7 Å². The van der Waals surface area contributed by atoms with Crippen LogP contribution in [0.25, 0.3) is 0 Å². The third-order valence-corrected chi connectivity index (χ3v) is 7.26. The molecule has 192 valence electrons. The molecule has 34 heavy (non-hydrogen) atoms. The maximum atomic E-state index is 11.3. The van der Waals surface area contributed by atoms with Crippen LogP contribution in [0, 0.1) is 0 Å². The van der Waals surface area contributed by atoms with Crippen LogP contribution in [0.2, 0.25) is 0 Å². The molecule has 4 atom stereocenters. The van der Waals surface area contributed by atoms with Crippen LogP contribution in [0.5, 0.6) is 11.8 Å². The first kappa shape index (κ1) is 29.5. The summed E-state index contributed by atoms with van der Waals surface area (Å²) in [5.74, 6) is 0.679. The van der Waals surface area contributed by atoms with Crippen molar-refractivity contribution in [3.05, 3.63) is 36.2 Å². The van der Waals surface area contributed by atoms with Crippen LogP contribution in [0.4, 0.5) is 0 Å². The van der Waals surface area contributed by atoms with Crippen LogP contribution in [0.1, 0.15) is 37.4 Å². The van der Waals surface area contributed by atoms with Gasteiger partial charge in [-0.2, -0.15) is 0 Å². The van der Waals surface area contributed by atoms with Gasteiger partial charge in [-0.3, -0.25) is 9.97 Å². The van der Waals surface area contributed by atoms with Gasteiger partial charge >= 0.3 is 0 Å². The van der Waals surface area contributed by atoms with Gasteiger partial charge < -0.3 is 18.9 Å². The number of methoxy groups -OCH3 is 4. The summed E-state index contributed by atoms with van der Waals surface area (Å²) in [5, 5.41) is 8.32. The normalized spacial score (nSPS) is 15.3. The molecule has 2 rings (SSSR count). The summed E-state index contributed by atoms with van der Waals surface area (Å²) in [4.78, 5) is 15.9. The Morgan fingerprint density at radius 1 is 0.647 bits per heavy atom. The maximum absolute atomic E-state index is 11.3. The molecule has 2 aromatic rings. The quantitative estimate of drug-likeness (QED) is 0.412. The second kappa shape index (κ2) is 12.8. The molecule has 0 unspecified atom stereocenters. The Bertz CT molecular complexity index is 1010. The summed E-state index contributed by atoms with van der Waals surface area (Å²) in [6.07, 6.45) is 4.05. The number of rotatable bonds is 10. The molecule has 0 spiro atoms. The number of primary sulfonamides is 2. The molecule has 16 heteroatoms. The molecule has 2 aromatic heterocycles. The molecule has 2 heterocycles. The molecule has 0 saturated carbocycles. The van der Waals surface area contributed by atoms with Crippen LogP contribution in [0.3, 0.4) is 0 Å². The van der Waals surface area contributed by atoms with Crippen LogP contribution < -0.4 is 19.8 Å². The van der Waals surface area contributed by atoms with Gasteiger partial charge in [-0.25, -0.2) is 37.1 Å². The lowest BCUT2D eigenvalue weighted by atomic mass is 10.2. The molecule has 0 aliphatic heterocycles. The van der Waals surface area contributed by atoms with Crippen molar-refractivity contribution in [3.63, 3.8) is 0 Å². The Hall–Kier alpha value is -2.50. The molecule has 0 amide bonds. The third kappa shape index (κ3) is 8.37. The molecular weight excluding hydrogens is 492 g/mol. The van der Waals surface area contributed by atoms with Crippen LogP contribution in [-0.2, 0) is 29.5 Å². The van der Waals surface area contributed by atoms with Gasteiger partial charge in [0.25, 0.3) is 0 Å². The summed E-state index contributed by atoms with van der Waals surface area (Å²) in [5.41, 5.74) is 0.768. The van der Waals surface area contributed by atoms with E-state index in [0.717, 1.165) is 0 Å². The number of nitrogens with zero attached hydrogens (tertiary/aromatic N) is 4. The molecule has 0 aromatic carbocycles. The van der Waals surface area contributed by atoms with Crippen LogP contribution in [0.15, 0.2) is 24.8 Å². The van der Waals surface area contributed by atoms with E-state index < -0.39 is 42.8 Å². The van der Waals surface area contributed by atoms with Gasteiger partial charge in [0.05, 0.1) is 50.4 Å². The van der Waals surface area contributed by atoms with E-state index in [-0.39, 0.29) is 0 Å². The minimum Gasteiger partial charge on any atom is -0.480 e. The highest BCUT2D eigenvalue weighted by Crippen LogP contribution is 2.23. The van der Waals surface area contributed by atoms with Gasteiger partial charge in [0.2, 0.25) is 31.8 Å². The molecule has 0 fully saturated rings. The van der Waals surface area contributed by atoms with Gasteiger partial charge in [0.1, 0.15) is 22.7 Å². The maximum Gasteiger partial charge on any atom is 0.231 e. The van der Waals surface area contributed by atoms with Gasteiger partial charge in [-0.1, -0.05) is 0 Å². The van der Waals surface area contributed by atoms with Gasteiger partial charge in [-0.15, -0.1) is 0 Å². The molecule has 0 aliphatic rings. The minimum absolute atomic E-state index is 0.340. The van der Waals surface area contributed by atoms with E-state index in [0.29, 0.717) is 23.1 Å². The molecule has 0 radical (unpaired) electrons. The average molecular weight is 523 g/mol. The SMILES string of the molecule is COc1cnc([C@@H](OC)[C@H](C)S(N)(=O)=O)cn1.COc1cnc([C@H](OC)[C@@H](C)S(N)(=O)=O)cn1. The monoisotopic (exact) mass is 522 g/mol. The van der Waals surface area contributed by atoms with Crippen molar-refractivity contribution in [2.24, 2.45) is 10.3 Å². The Morgan fingerprint density at radius 2 is 0.971 bits per heavy atom. The van der Waals surface area contributed by atoms with Crippen molar-refractivity contribution in [2.45, 2.75) is 36.6 Å². The highest BCUT2D eigenvalue weighted by Gasteiger charge is 2.30. The van der Waals surface area contributed by atoms with Gasteiger partial charge in [0.15, 0.2) is 0 Å². The molecule has 0 saturated heterocycles. The zero-order chi connectivity index (χ0) is 26.1. The first-order valence-electron chi connectivity index (χ1n) is 9.60. The van der Waals surface area contributed by atoms with Crippen molar-refractivity contribution in [3.8, 4) is 11.8 Å². The fourth-order valence-electron chi connectivity index (χ4n) is 2.61. The second-order valence-electron chi connectivity index (χ2n) is 6.87. The Balaban J connectivity index is 0.000000340. The summed E-state index contributed by atoms with van der Waals surface area (Å²) in [7, 11) is -1.70. The molecule has 14 nitrogen and oxygen atoms in total. The Labute approximate surface area is 199 Å². The lowest BCUT2D eigenvalue weighted by Gasteiger charge is -2.19. The van der Waals surface area contributed by atoms with Crippen molar-refractivity contribution in [2.75, 3.05) is 28.4 Å². The Morgan fingerprint density at radius 3 is 1.15 bits per heavy atom. The van der Waals surface area contributed by atoms with Crippen LogP contribution >= 0.6 is 0 Å². The third-order valence-electron chi connectivity index (χ3n) is 4.69. The van der Waals surface area contributed by atoms with Gasteiger partial charge in [0, 0.05) is 14.2 Å². The van der Waals surface area contributed by atoms with E-state index in [9.17, 15) is 16.8 Å². The van der Waals surface area contributed by atoms with E-state index in [1.54, 1.807) is 0 Å². The Kier molecular flexibility index (Phi) is 11.1. The fraction of sp³-hybridized carbons (Fsp3) is 0.556. The van der Waals surface area contributed by atoms with Crippen molar-refractivity contribution in [1.29, 1.82) is 0 Å². The molecule has 0 aliphatic carbocycles. The van der Waals surface area contributed by atoms with E-state index in [4.69, 9.17) is 29.2 Å². The standard InChI is InChI=1S/2C9H15N3O4S/c2*1-6(17(10,13)14)9(16-3)7-4-12-8(15-2)5-11-7/h2*4-6,9H,1-3H3,(H2,10,13,14)/t2*6-,9-/m10/s1. The molecule has 0 bridgehead atoms. The predicted octanol–water partition coefficient (Wildman–Crippen LogP) is -0.301. The minimum atomic E-state index is -3.70. The zero-order valence-corrected chi connectivity index (χ0v) is 21.3. The lowest BCUT2D eigenvalue weighted by molar-refractivity contribution is 0.0982. The second-order valence-corrected chi connectivity index (χ2v) is 10.7. The van der Waals surface area contributed by atoms with E-state index in [1.807, 2.05) is 0 Å². The molecule has 4 N–H and O–H groups in total. The molecular formula is C18H30N6O8S2. The fourth-order valence-corrected chi connectivity index (χ4v) is 3.80. The summed E-state index contributed by atoms with van der Waals surface area (Å²) >= 11 is 0. The van der Waals surface area contributed by atoms with Crippen molar-refractivity contribution < 1.29 is 35.8 Å². The van der Waals surface area contributed by atoms with E-state index in [2.05, 4.69) is 19.9 Å². The number of aromatic nitrogens is 4. The number of hydrogen-bond donors (Lipinski definition) is 2. The summed E-state index contributed by atoms with van der Waals surface area (Å²) in [6, 6.07) is 0. The number of hydrogen-bond acceptors (Lipinski definition) is 12.